The Kier molecular flexibility index (Phi) is 2.12. The Bertz CT molecular complexity index is 366. The van der Waals surface area contributed by atoms with Gasteiger partial charge in [0.15, 0.2) is 0 Å². The second-order valence-electron chi connectivity index (χ2n) is 5.56. The second kappa shape index (κ2) is 3.37. The van der Waals surface area contributed by atoms with Crippen LogP contribution in [-0.4, -0.2) is 0 Å². The summed E-state index contributed by atoms with van der Waals surface area (Å²) < 4.78 is 0. The van der Waals surface area contributed by atoms with Crippen molar-refractivity contribution >= 4 is 0 Å². The molecule has 0 aliphatic heterocycles. The predicted molar refractivity (Wildman–Crippen MR) is 64.1 cm³/mol. The van der Waals surface area contributed by atoms with Gasteiger partial charge < -0.3 is 0 Å². The van der Waals surface area contributed by atoms with E-state index in [0.717, 1.165) is 5.92 Å². The van der Waals surface area contributed by atoms with Crippen molar-refractivity contribution < 1.29 is 0 Å². The van der Waals surface area contributed by atoms with Crippen molar-refractivity contribution in [2.75, 3.05) is 0 Å². The van der Waals surface area contributed by atoms with Gasteiger partial charge in [0, 0.05) is 0 Å². The maximum atomic E-state index is 2.51. The molecule has 2 aliphatic rings. The molecule has 0 heteroatoms. The van der Waals surface area contributed by atoms with E-state index in [9.17, 15) is 0 Å². The van der Waals surface area contributed by atoms with Crippen molar-refractivity contribution in [3.05, 3.63) is 35.4 Å². The van der Waals surface area contributed by atoms with Gasteiger partial charge in [-0.15, -0.1) is 0 Å². The van der Waals surface area contributed by atoms with Crippen LogP contribution in [0.15, 0.2) is 24.3 Å². The maximum absolute atomic E-state index is 2.51. The van der Waals surface area contributed by atoms with Crippen LogP contribution in [0.1, 0.15) is 50.2 Å². The molecular formula is C15H20. The number of benzene rings is 1. The van der Waals surface area contributed by atoms with Gasteiger partial charge in [-0.05, 0) is 48.1 Å². The smallest absolute Gasteiger partial charge is 0.00442 e. The van der Waals surface area contributed by atoms with Crippen LogP contribution in [0.5, 0.6) is 0 Å². The second-order valence-corrected chi connectivity index (χ2v) is 5.56. The van der Waals surface area contributed by atoms with Gasteiger partial charge in [0.05, 0.1) is 0 Å². The Morgan fingerprint density at radius 3 is 2.93 bits per heavy atom. The molecule has 1 saturated carbocycles. The fourth-order valence-corrected chi connectivity index (χ4v) is 3.85. The minimum Gasteiger partial charge on any atom is -0.0620 e. The van der Waals surface area contributed by atoms with Gasteiger partial charge in [0.25, 0.3) is 0 Å². The lowest BCUT2D eigenvalue weighted by Crippen LogP contribution is -2.39. The molecule has 3 rings (SSSR count). The Hall–Kier alpha value is -0.780. The van der Waals surface area contributed by atoms with Crippen LogP contribution in [0.2, 0.25) is 0 Å². The highest BCUT2D eigenvalue weighted by Crippen LogP contribution is 2.49. The van der Waals surface area contributed by atoms with Crippen molar-refractivity contribution in [2.24, 2.45) is 5.92 Å². The SMILES string of the molecule is C[C@@]12CCCCC1CCc1ccccc12. The summed E-state index contributed by atoms with van der Waals surface area (Å²) in [5.41, 5.74) is 3.80. The molecule has 0 amide bonds. The molecule has 0 saturated heterocycles. The van der Waals surface area contributed by atoms with Crippen molar-refractivity contribution in [3.63, 3.8) is 0 Å². The standard InChI is InChI=1S/C15H20/c1-15-11-5-4-7-13(15)10-9-12-6-2-3-8-14(12)15/h2-3,6,8,13H,4-5,7,9-11H2,1H3/t13?,15-/m1/s1. The molecule has 0 spiro atoms. The van der Waals surface area contributed by atoms with E-state index in [1.54, 1.807) is 11.1 Å². The molecule has 15 heavy (non-hydrogen) atoms. The van der Waals surface area contributed by atoms with Gasteiger partial charge in [0.1, 0.15) is 0 Å². The van der Waals surface area contributed by atoms with E-state index in [0.29, 0.717) is 5.41 Å². The van der Waals surface area contributed by atoms with Crippen LogP contribution in [0.3, 0.4) is 0 Å². The van der Waals surface area contributed by atoms with Crippen LogP contribution in [0.4, 0.5) is 0 Å². The molecule has 1 aromatic carbocycles. The summed E-state index contributed by atoms with van der Waals surface area (Å²) >= 11 is 0. The highest BCUT2D eigenvalue weighted by Gasteiger charge is 2.41. The first kappa shape index (κ1) is 9.45. The molecular weight excluding hydrogens is 180 g/mol. The first-order chi connectivity index (χ1) is 7.31. The molecule has 0 heterocycles. The monoisotopic (exact) mass is 200 g/mol. The Labute approximate surface area is 92.7 Å². The zero-order chi connectivity index (χ0) is 10.3. The van der Waals surface area contributed by atoms with Crippen molar-refractivity contribution in [3.8, 4) is 0 Å². The number of rotatable bonds is 0. The summed E-state index contributed by atoms with van der Waals surface area (Å²) in [7, 11) is 0. The van der Waals surface area contributed by atoms with Crippen molar-refractivity contribution in [2.45, 2.75) is 50.9 Å². The Morgan fingerprint density at radius 1 is 1.13 bits per heavy atom. The van der Waals surface area contributed by atoms with Gasteiger partial charge in [-0.1, -0.05) is 44.0 Å². The van der Waals surface area contributed by atoms with Gasteiger partial charge in [-0.2, -0.15) is 0 Å². The lowest BCUT2D eigenvalue weighted by atomic mass is 9.58. The van der Waals surface area contributed by atoms with Crippen LogP contribution in [0.25, 0.3) is 0 Å². The summed E-state index contributed by atoms with van der Waals surface area (Å²) in [6.07, 6.45) is 8.51. The van der Waals surface area contributed by atoms with Gasteiger partial charge >= 0.3 is 0 Å². The average Bonchev–Trinajstić information content (AvgIpc) is 2.29. The zero-order valence-electron chi connectivity index (χ0n) is 9.63. The largest absolute Gasteiger partial charge is 0.0620 e. The molecule has 0 radical (unpaired) electrons. The van der Waals surface area contributed by atoms with E-state index >= 15 is 0 Å². The number of hydrogen-bond acceptors (Lipinski definition) is 0. The molecule has 1 unspecified atom stereocenters. The highest BCUT2D eigenvalue weighted by atomic mass is 14.4. The number of hydrogen-bond donors (Lipinski definition) is 0. The summed E-state index contributed by atoms with van der Waals surface area (Å²) in [6.45, 7) is 2.51. The zero-order valence-corrected chi connectivity index (χ0v) is 9.63. The fraction of sp³-hybridized carbons (Fsp3) is 0.600. The average molecular weight is 200 g/mol. The van der Waals surface area contributed by atoms with Crippen molar-refractivity contribution in [1.29, 1.82) is 0 Å². The maximum Gasteiger partial charge on any atom is -0.00442 e. The minimum atomic E-state index is 0.507. The summed E-state index contributed by atoms with van der Waals surface area (Å²) in [5.74, 6) is 0.959. The third-order valence-electron chi connectivity index (χ3n) is 4.79. The molecule has 0 nitrogen and oxygen atoms in total. The molecule has 0 bridgehead atoms. The van der Waals surface area contributed by atoms with Crippen LogP contribution < -0.4 is 0 Å². The van der Waals surface area contributed by atoms with Gasteiger partial charge in [-0.3, -0.25) is 0 Å². The Balaban J connectivity index is 2.09. The first-order valence-corrected chi connectivity index (χ1v) is 6.39. The third kappa shape index (κ3) is 1.34. The van der Waals surface area contributed by atoms with E-state index in [-0.39, 0.29) is 0 Å². The molecule has 0 aromatic heterocycles. The van der Waals surface area contributed by atoms with E-state index in [1.807, 2.05) is 0 Å². The summed E-state index contributed by atoms with van der Waals surface area (Å²) in [6, 6.07) is 9.14. The lowest BCUT2D eigenvalue weighted by molar-refractivity contribution is 0.178. The molecule has 1 fully saturated rings. The van der Waals surface area contributed by atoms with E-state index in [2.05, 4.69) is 31.2 Å². The van der Waals surface area contributed by atoms with E-state index in [1.165, 1.54) is 38.5 Å². The van der Waals surface area contributed by atoms with Gasteiger partial charge in [-0.25, -0.2) is 0 Å². The topological polar surface area (TPSA) is 0 Å². The van der Waals surface area contributed by atoms with Crippen LogP contribution in [0, 0.1) is 5.92 Å². The normalized spacial score (nSPS) is 34.3. The molecule has 2 aliphatic carbocycles. The predicted octanol–water partition coefficient (Wildman–Crippen LogP) is 4.08. The summed E-state index contributed by atoms with van der Waals surface area (Å²) in [4.78, 5) is 0. The Morgan fingerprint density at radius 2 is 2.00 bits per heavy atom. The van der Waals surface area contributed by atoms with Gasteiger partial charge in [0.2, 0.25) is 0 Å². The lowest BCUT2D eigenvalue weighted by Gasteiger charge is -2.46. The quantitative estimate of drug-likeness (QED) is 0.592. The third-order valence-corrected chi connectivity index (χ3v) is 4.79. The van der Waals surface area contributed by atoms with E-state index in [4.69, 9.17) is 0 Å². The highest BCUT2D eigenvalue weighted by molar-refractivity contribution is 5.37. The number of aryl methyl sites for hydroxylation is 1. The van der Waals surface area contributed by atoms with Crippen molar-refractivity contribution in [1.82, 2.24) is 0 Å². The molecule has 0 N–H and O–H groups in total. The molecule has 2 atom stereocenters. The van der Waals surface area contributed by atoms with Crippen LogP contribution in [-0.2, 0) is 11.8 Å². The summed E-state index contributed by atoms with van der Waals surface area (Å²) in [5, 5.41) is 0. The fourth-order valence-electron chi connectivity index (χ4n) is 3.85. The molecule has 80 valence electrons. The molecule has 1 aromatic rings. The number of fused-ring (bicyclic) bond motifs is 3. The minimum absolute atomic E-state index is 0.507. The van der Waals surface area contributed by atoms with E-state index < -0.39 is 0 Å². The first-order valence-electron chi connectivity index (χ1n) is 6.39. The van der Waals surface area contributed by atoms with Crippen LogP contribution >= 0.6 is 0 Å².